The zero-order chi connectivity index (χ0) is 3.54. The fourth-order valence-corrected chi connectivity index (χ4v) is 0.132. The average molecular weight is 73.1 g/mol. The molecule has 1 aliphatic rings. The summed E-state index contributed by atoms with van der Waals surface area (Å²) in [5.74, 6) is 0. The molecule has 0 amide bonds. The second-order valence-electron chi connectivity index (χ2n) is 0.572. The van der Waals surface area contributed by atoms with Gasteiger partial charge in [0.25, 0.3) is 0 Å². The molecule has 1 aliphatic heterocycles. The molecule has 0 spiro atoms. The van der Waals surface area contributed by atoms with E-state index in [1.165, 1.54) is 6.34 Å². The number of oxime groups is 1. The Bertz CT molecular complexity index is 44.9. The molecule has 0 saturated heterocycles. The van der Waals surface area contributed by atoms with Crippen LogP contribution in [-0.2, 0) is 4.94 Å². The normalized spacial score (nSPS) is 17.6. The quantitative estimate of drug-likeness (QED) is 0.359. The lowest BCUT2D eigenvalue weighted by Crippen LogP contribution is -2.21. The zero-order valence-corrected chi connectivity index (χ0v) is 2.43. The van der Waals surface area contributed by atoms with E-state index in [-0.39, 0.29) is 0 Å². The Hall–Kier alpha value is -0.770. The van der Waals surface area contributed by atoms with Crippen LogP contribution in [0.1, 0.15) is 0 Å². The molecule has 0 bridgehead atoms. The third-order valence-electron chi connectivity index (χ3n) is 0.275. The van der Waals surface area contributed by atoms with Crippen LogP contribution in [0.25, 0.3) is 0 Å². The summed E-state index contributed by atoms with van der Waals surface area (Å²) in [5.41, 5.74) is 4.71. The highest BCUT2D eigenvalue weighted by Gasteiger charge is 1.94. The van der Waals surface area contributed by atoms with E-state index in [1.807, 2.05) is 0 Å². The fraction of sp³-hybridized carbons (Fsp3) is 0. The molecule has 0 aliphatic carbocycles. The van der Waals surface area contributed by atoms with Crippen molar-refractivity contribution in [1.29, 1.82) is 0 Å². The Balaban J connectivity index is 2.32. The van der Waals surface area contributed by atoms with Gasteiger partial charge in [-0.25, -0.2) is 0 Å². The largest absolute Gasteiger partial charge is 0.349 e. The van der Waals surface area contributed by atoms with Gasteiger partial charge in [0, 0.05) is 0 Å². The molecule has 0 aromatic carbocycles. The molecule has 0 saturated carbocycles. The summed E-state index contributed by atoms with van der Waals surface area (Å²) in [7, 11) is 0. The van der Waals surface area contributed by atoms with Crippen LogP contribution in [0.5, 0.6) is 0 Å². The lowest BCUT2D eigenvalue weighted by atomic mass is 11.4. The average Bonchev–Trinajstić information content (AvgIpc) is 1.76. The number of nitrogens with one attached hydrogen (secondary N) is 2. The number of hydrogen-bond acceptors (Lipinski definition) is 4. The maximum atomic E-state index is 4.15. The third kappa shape index (κ3) is 0.273. The fourth-order valence-electron chi connectivity index (χ4n) is 0.132. The van der Waals surface area contributed by atoms with Crippen LogP contribution in [0.3, 0.4) is 0 Å². The van der Waals surface area contributed by atoms with Gasteiger partial charge in [-0.15, -0.1) is 0 Å². The van der Waals surface area contributed by atoms with Gasteiger partial charge in [-0.05, 0) is 0 Å². The smallest absolute Gasteiger partial charge is 0.159 e. The summed E-state index contributed by atoms with van der Waals surface area (Å²) in [6.07, 6.45) is 1.40. The van der Waals surface area contributed by atoms with E-state index in [2.05, 4.69) is 21.1 Å². The predicted molar refractivity (Wildman–Crippen MR) is 15.6 cm³/mol. The molecule has 2 N–H and O–H groups in total. The first-order valence-electron chi connectivity index (χ1n) is 1.18. The molecule has 1 rings (SSSR count). The minimum atomic E-state index is 1.40. The van der Waals surface area contributed by atoms with Gasteiger partial charge in [0.1, 0.15) is 0 Å². The van der Waals surface area contributed by atoms with Crippen molar-refractivity contribution >= 4 is 6.34 Å². The van der Waals surface area contributed by atoms with Crippen molar-refractivity contribution in [2.75, 3.05) is 0 Å². The molecular formula is CH3N3O+. The molecule has 5 heavy (non-hydrogen) atoms. The Morgan fingerprint density at radius 1 is 1.80 bits per heavy atom. The molecule has 4 heteroatoms. The first-order valence-corrected chi connectivity index (χ1v) is 1.18. The highest BCUT2D eigenvalue weighted by molar-refractivity contribution is 5.51. The summed E-state index contributed by atoms with van der Waals surface area (Å²) in [5, 5.41) is 3.24. The van der Waals surface area contributed by atoms with E-state index in [0.717, 1.165) is 0 Å². The number of hydrazine groups is 1. The van der Waals surface area contributed by atoms with Crippen molar-refractivity contribution in [3.05, 3.63) is 0 Å². The van der Waals surface area contributed by atoms with Gasteiger partial charge in [0.15, 0.2) is 5.16 Å². The standard InChI is InChI=1S/CH3N3O/c1-2-4-5-3-1/h1-2,4H/q+1. The summed E-state index contributed by atoms with van der Waals surface area (Å²) < 4.78 is 0. The molecule has 1 radical (unpaired) electrons. The van der Waals surface area contributed by atoms with Gasteiger partial charge in [-0.2, -0.15) is 10.4 Å². The van der Waals surface area contributed by atoms with Gasteiger partial charge in [0.2, 0.25) is 0 Å². The molecule has 27 valence electrons. The van der Waals surface area contributed by atoms with Gasteiger partial charge in [-0.1, -0.05) is 0 Å². The van der Waals surface area contributed by atoms with Crippen LogP contribution in [0.4, 0.5) is 0 Å². The Morgan fingerprint density at radius 3 is 3.00 bits per heavy atom. The van der Waals surface area contributed by atoms with Gasteiger partial charge in [-0.3, -0.25) is 0 Å². The van der Waals surface area contributed by atoms with Crippen LogP contribution in [0.15, 0.2) is 0 Å². The Labute approximate surface area is 28.7 Å². The third-order valence-corrected chi connectivity index (χ3v) is 0.275. The molecular weight excluding hydrogens is 70.0 g/mol. The van der Waals surface area contributed by atoms with Gasteiger partial charge >= 0.3 is 6.34 Å². The first kappa shape index (κ1) is 2.47. The van der Waals surface area contributed by atoms with Crippen LogP contribution >= 0.6 is 0 Å². The molecule has 0 atom stereocenters. The van der Waals surface area contributed by atoms with E-state index >= 15 is 0 Å². The second kappa shape index (κ2) is 0.898. The van der Waals surface area contributed by atoms with Crippen molar-refractivity contribution in [2.45, 2.75) is 0 Å². The van der Waals surface area contributed by atoms with Crippen molar-refractivity contribution in [3.63, 3.8) is 0 Å². The Morgan fingerprint density at radius 2 is 2.80 bits per heavy atom. The Kier molecular flexibility index (Phi) is 0.443. The number of nitrogens with zero attached hydrogens (tertiary/aromatic N) is 1. The highest BCUT2D eigenvalue weighted by Crippen LogP contribution is 1.47. The van der Waals surface area contributed by atoms with Crippen LogP contribution < -0.4 is 16.2 Å². The van der Waals surface area contributed by atoms with Crippen LogP contribution in [0, 0.1) is 0 Å². The summed E-state index contributed by atoms with van der Waals surface area (Å²) >= 11 is 0. The molecule has 0 fully saturated rings. The molecule has 1 heterocycles. The van der Waals surface area contributed by atoms with E-state index in [4.69, 9.17) is 0 Å². The summed E-state index contributed by atoms with van der Waals surface area (Å²) in [4.78, 5) is 4.15. The maximum absolute atomic E-state index is 4.15. The second-order valence-corrected chi connectivity index (χ2v) is 0.572. The minimum Gasteiger partial charge on any atom is -0.159 e. The summed E-state index contributed by atoms with van der Waals surface area (Å²) in [6, 6.07) is 0. The van der Waals surface area contributed by atoms with E-state index in [9.17, 15) is 0 Å². The zero-order valence-electron chi connectivity index (χ0n) is 2.43. The summed E-state index contributed by atoms with van der Waals surface area (Å²) in [6.45, 7) is 0. The van der Waals surface area contributed by atoms with Crippen LogP contribution in [0.2, 0.25) is 0 Å². The van der Waals surface area contributed by atoms with Gasteiger partial charge in [0.05, 0.1) is 5.59 Å². The maximum Gasteiger partial charge on any atom is 0.349 e. The monoisotopic (exact) mass is 73.0 g/mol. The highest BCUT2D eigenvalue weighted by atomic mass is 16.8. The lowest BCUT2D eigenvalue weighted by molar-refractivity contribution is 0.0198. The number of rotatable bonds is 0. The number of hydrogen-bond donors (Lipinski definition) is 2. The molecule has 4 nitrogen and oxygen atoms in total. The van der Waals surface area contributed by atoms with Crippen molar-refractivity contribution < 1.29 is 4.94 Å². The molecule has 0 aromatic rings. The van der Waals surface area contributed by atoms with Crippen molar-refractivity contribution in [1.82, 2.24) is 16.2 Å². The first-order chi connectivity index (χ1) is 2.50. The lowest BCUT2D eigenvalue weighted by Gasteiger charge is -1.68. The minimum absolute atomic E-state index is 1.40. The molecule has 0 unspecified atom stereocenters. The van der Waals surface area contributed by atoms with Crippen molar-refractivity contribution in [3.8, 4) is 0 Å². The van der Waals surface area contributed by atoms with Crippen LogP contribution in [-0.4, -0.2) is 6.34 Å². The van der Waals surface area contributed by atoms with E-state index in [0.29, 0.717) is 0 Å². The van der Waals surface area contributed by atoms with Crippen molar-refractivity contribution in [2.24, 2.45) is 0 Å². The van der Waals surface area contributed by atoms with E-state index in [1.54, 1.807) is 0 Å². The van der Waals surface area contributed by atoms with Gasteiger partial charge < -0.3 is 0 Å². The topological polar surface area (TPSA) is 47.4 Å². The molecule has 0 aromatic heterocycles. The predicted octanol–water partition coefficient (Wildman–Crippen LogP) is -1.70. The van der Waals surface area contributed by atoms with E-state index < -0.39 is 0 Å². The SMILES string of the molecule is C1=[N+]ONN1.